The molecule has 7 heteroatoms. The van der Waals surface area contributed by atoms with Gasteiger partial charge in [-0.3, -0.25) is 0 Å². The van der Waals surface area contributed by atoms with Crippen LogP contribution in [-0.4, -0.2) is 42.6 Å². The van der Waals surface area contributed by atoms with E-state index in [1.54, 1.807) is 6.07 Å². The van der Waals surface area contributed by atoms with E-state index >= 15 is 0 Å². The van der Waals surface area contributed by atoms with Gasteiger partial charge in [0, 0.05) is 11.8 Å². The van der Waals surface area contributed by atoms with Gasteiger partial charge in [0.05, 0.1) is 23.7 Å². The molecule has 4 aliphatic rings. The summed E-state index contributed by atoms with van der Waals surface area (Å²) in [7, 11) is 0. The van der Waals surface area contributed by atoms with Crippen LogP contribution >= 0.6 is 0 Å². The first-order valence-electron chi connectivity index (χ1n) is 10.1. The van der Waals surface area contributed by atoms with E-state index in [2.05, 4.69) is 0 Å². The highest BCUT2D eigenvalue weighted by Gasteiger charge is 2.63. The minimum absolute atomic E-state index is 0.0628. The zero-order chi connectivity index (χ0) is 20.1. The van der Waals surface area contributed by atoms with Crippen molar-refractivity contribution in [3.8, 4) is 5.75 Å². The van der Waals surface area contributed by atoms with Crippen LogP contribution in [0.25, 0.3) is 11.0 Å². The first-order valence-corrected chi connectivity index (χ1v) is 10.1. The summed E-state index contributed by atoms with van der Waals surface area (Å²) < 4.78 is 36.6. The molecule has 6 rings (SSSR count). The smallest absolute Gasteiger partial charge is 0.343 e. The van der Waals surface area contributed by atoms with Crippen LogP contribution in [0.5, 0.6) is 5.75 Å². The van der Waals surface area contributed by atoms with E-state index in [1.165, 1.54) is 0 Å². The Morgan fingerprint density at radius 1 is 1.00 bits per heavy atom. The third-order valence-corrected chi connectivity index (χ3v) is 6.67. The molecule has 1 aromatic heterocycles. The van der Waals surface area contributed by atoms with Gasteiger partial charge in [0.25, 0.3) is 0 Å². The Morgan fingerprint density at radius 3 is 2.62 bits per heavy atom. The number of para-hydroxylation sites is 1. The second-order valence-electron chi connectivity index (χ2n) is 9.33. The van der Waals surface area contributed by atoms with Gasteiger partial charge in [-0.15, -0.1) is 0 Å². The Hall–Kier alpha value is -1.93. The van der Waals surface area contributed by atoms with Crippen LogP contribution in [0.4, 0.5) is 0 Å². The molecular formula is C22H24O7. The molecule has 3 saturated heterocycles. The summed E-state index contributed by atoms with van der Waals surface area (Å²) in [5.74, 6) is -0.421. The molecule has 0 aliphatic carbocycles. The van der Waals surface area contributed by atoms with Crippen LogP contribution in [0, 0.1) is 5.92 Å². The van der Waals surface area contributed by atoms with Crippen LogP contribution < -0.4 is 10.4 Å². The van der Waals surface area contributed by atoms with Gasteiger partial charge in [0.2, 0.25) is 0 Å². The van der Waals surface area contributed by atoms with Gasteiger partial charge in [-0.1, -0.05) is 12.1 Å². The van der Waals surface area contributed by atoms with Crippen molar-refractivity contribution in [2.75, 3.05) is 6.61 Å². The standard InChI is InChI=1S/C22H24O7/c1-21(2)11-9-24-17-16(26-20-18(17)28-22(3,4)29-20)13(11)14-15(27-21)10-7-5-6-8-12(10)25-19(14)23/h5-8,11,13,16-18,20H,9H2,1-4H3/t11-,13+,16+,17-,18+,20+/m0/s1. The van der Waals surface area contributed by atoms with Crippen molar-refractivity contribution in [1.29, 1.82) is 0 Å². The average Bonchev–Trinajstić information content (AvgIpc) is 3.12. The summed E-state index contributed by atoms with van der Waals surface area (Å²) in [6, 6.07) is 7.46. The summed E-state index contributed by atoms with van der Waals surface area (Å²) in [4.78, 5) is 13.1. The molecule has 3 fully saturated rings. The van der Waals surface area contributed by atoms with Gasteiger partial charge >= 0.3 is 5.63 Å². The second kappa shape index (κ2) is 5.60. The van der Waals surface area contributed by atoms with E-state index in [4.69, 9.17) is 28.1 Å². The fourth-order valence-electron chi connectivity index (χ4n) is 5.40. The maximum atomic E-state index is 13.1. The number of fused-ring (bicyclic) bond motifs is 9. The summed E-state index contributed by atoms with van der Waals surface area (Å²) >= 11 is 0. The van der Waals surface area contributed by atoms with Crippen molar-refractivity contribution in [2.24, 2.45) is 5.92 Å². The van der Waals surface area contributed by atoms with E-state index in [-0.39, 0.29) is 35.8 Å². The Balaban J connectivity index is 1.52. The molecule has 5 heterocycles. The zero-order valence-corrected chi connectivity index (χ0v) is 16.8. The molecule has 1 aromatic carbocycles. The SMILES string of the molecule is CC1(C)O[C@H]2O[C@H]3[C@H](OC[C@H]4[C@@H]3c3c(c5ccccc5oc3=O)OC4(C)C)[C@H]2O1. The Bertz CT molecular complexity index is 1050. The van der Waals surface area contributed by atoms with Gasteiger partial charge < -0.3 is 28.1 Å². The normalized spacial score (nSPS) is 38.6. The van der Waals surface area contributed by atoms with Crippen LogP contribution in [0.15, 0.2) is 33.5 Å². The van der Waals surface area contributed by atoms with Crippen LogP contribution in [-0.2, 0) is 18.9 Å². The van der Waals surface area contributed by atoms with E-state index in [0.29, 0.717) is 23.5 Å². The Labute approximate surface area is 167 Å². The van der Waals surface area contributed by atoms with E-state index in [1.807, 2.05) is 45.9 Å². The molecular weight excluding hydrogens is 376 g/mol. The monoisotopic (exact) mass is 400 g/mol. The first-order chi connectivity index (χ1) is 13.8. The highest BCUT2D eigenvalue weighted by Crippen LogP contribution is 2.54. The van der Waals surface area contributed by atoms with Crippen molar-refractivity contribution in [2.45, 2.75) is 69.6 Å². The van der Waals surface area contributed by atoms with Gasteiger partial charge in [-0.2, -0.15) is 0 Å². The molecule has 0 spiro atoms. The maximum Gasteiger partial charge on any atom is 0.343 e. The van der Waals surface area contributed by atoms with Crippen LogP contribution in [0.1, 0.15) is 39.2 Å². The molecule has 29 heavy (non-hydrogen) atoms. The van der Waals surface area contributed by atoms with Crippen molar-refractivity contribution in [3.63, 3.8) is 0 Å². The summed E-state index contributed by atoms with van der Waals surface area (Å²) in [6.45, 7) is 8.24. The van der Waals surface area contributed by atoms with Gasteiger partial charge in [0.15, 0.2) is 12.1 Å². The van der Waals surface area contributed by atoms with Crippen molar-refractivity contribution >= 4 is 11.0 Å². The molecule has 0 N–H and O–H groups in total. The number of hydrogen-bond acceptors (Lipinski definition) is 7. The lowest BCUT2D eigenvalue weighted by Gasteiger charge is -2.50. The predicted molar refractivity (Wildman–Crippen MR) is 102 cm³/mol. The largest absolute Gasteiger partial charge is 0.486 e. The summed E-state index contributed by atoms with van der Waals surface area (Å²) in [6.07, 6.45) is -1.51. The molecule has 0 radical (unpaired) electrons. The van der Waals surface area contributed by atoms with Crippen molar-refractivity contribution < 1.29 is 28.1 Å². The van der Waals surface area contributed by atoms with Gasteiger partial charge in [0.1, 0.15) is 29.1 Å². The minimum Gasteiger partial charge on any atom is -0.486 e. The van der Waals surface area contributed by atoms with E-state index in [9.17, 15) is 4.79 Å². The minimum atomic E-state index is -0.720. The number of ether oxygens (including phenoxy) is 5. The fraction of sp³-hybridized carbons (Fsp3) is 0.591. The lowest BCUT2D eigenvalue weighted by atomic mass is 9.69. The highest BCUT2D eigenvalue weighted by atomic mass is 16.8. The molecule has 2 aromatic rings. The van der Waals surface area contributed by atoms with E-state index < -0.39 is 17.7 Å². The Kier molecular flexibility index (Phi) is 3.46. The predicted octanol–water partition coefficient (Wildman–Crippen LogP) is 2.94. The molecule has 0 saturated carbocycles. The molecule has 6 atom stereocenters. The third kappa shape index (κ3) is 2.42. The van der Waals surface area contributed by atoms with Crippen molar-refractivity contribution in [1.82, 2.24) is 0 Å². The van der Waals surface area contributed by atoms with E-state index in [0.717, 1.165) is 5.39 Å². The third-order valence-electron chi connectivity index (χ3n) is 6.67. The molecule has 154 valence electrons. The van der Waals surface area contributed by atoms with Crippen LogP contribution in [0.3, 0.4) is 0 Å². The average molecular weight is 400 g/mol. The zero-order valence-electron chi connectivity index (χ0n) is 16.8. The lowest BCUT2D eigenvalue weighted by molar-refractivity contribution is -0.240. The summed E-state index contributed by atoms with van der Waals surface area (Å²) in [5, 5.41) is 0.795. The Morgan fingerprint density at radius 2 is 1.79 bits per heavy atom. The van der Waals surface area contributed by atoms with Crippen LogP contribution in [0.2, 0.25) is 0 Å². The molecule has 0 bridgehead atoms. The number of hydrogen-bond donors (Lipinski definition) is 0. The van der Waals surface area contributed by atoms with Gasteiger partial charge in [-0.05, 0) is 39.8 Å². The number of benzene rings is 1. The molecule has 7 nitrogen and oxygen atoms in total. The molecule has 0 amide bonds. The topological polar surface area (TPSA) is 76.4 Å². The fourth-order valence-corrected chi connectivity index (χ4v) is 5.40. The number of rotatable bonds is 0. The quantitative estimate of drug-likeness (QED) is 0.629. The first kappa shape index (κ1) is 17.9. The highest BCUT2D eigenvalue weighted by molar-refractivity contribution is 5.85. The second-order valence-corrected chi connectivity index (χ2v) is 9.33. The lowest BCUT2D eigenvalue weighted by Crippen LogP contribution is -2.57. The van der Waals surface area contributed by atoms with Gasteiger partial charge in [-0.25, -0.2) is 4.79 Å². The summed E-state index contributed by atoms with van der Waals surface area (Å²) in [5.41, 5.74) is 0.131. The molecule has 0 unspecified atom stereocenters. The maximum absolute atomic E-state index is 13.1. The van der Waals surface area contributed by atoms with Crippen molar-refractivity contribution in [3.05, 3.63) is 40.2 Å². The molecule has 4 aliphatic heterocycles.